The third-order valence-electron chi connectivity index (χ3n) is 6.88. The molecule has 0 saturated carbocycles. The fraction of sp³-hybridized carbons (Fsp3) is 0.793. The van der Waals surface area contributed by atoms with Gasteiger partial charge in [-0.25, -0.2) is 0 Å². The van der Waals surface area contributed by atoms with Crippen LogP contribution >= 0.6 is 0 Å². The molecule has 1 fully saturated rings. The van der Waals surface area contributed by atoms with Gasteiger partial charge in [-0.3, -0.25) is 28.9 Å². The molecule has 0 aromatic heterocycles. The zero-order chi connectivity index (χ0) is 27.5. The summed E-state index contributed by atoms with van der Waals surface area (Å²) in [6, 6.07) is 0. The standard InChI is InChI=1S/C29H48N2O6/c1-23-22-28(36)31(29(23)37)21-19-26(34)15-9-7-5-3-4-6-8-10-18-27(35)30-20-13-17-25(33)16-12-11-14-24(2)32/h23H,3-22H2,1-2H3,(H,30,35). The van der Waals surface area contributed by atoms with E-state index in [1.165, 1.54) is 4.90 Å². The number of likely N-dealkylation sites (tertiary alicyclic amines) is 1. The fourth-order valence-corrected chi connectivity index (χ4v) is 4.54. The maximum absolute atomic E-state index is 12.0. The van der Waals surface area contributed by atoms with E-state index in [1.54, 1.807) is 13.8 Å². The van der Waals surface area contributed by atoms with Crippen LogP contribution in [0, 0.1) is 5.92 Å². The summed E-state index contributed by atoms with van der Waals surface area (Å²) >= 11 is 0. The van der Waals surface area contributed by atoms with Crippen LogP contribution in [-0.4, -0.2) is 53.1 Å². The van der Waals surface area contributed by atoms with Gasteiger partial charge >= 0.3 is 0 Å². The summed E-state index contributed by atoms with van der Waals surface area (Å²) in [5.41, 5.74) is 0. The topological polar surface area (TPSA) is 118 Å². The largest absolute Gasteiger partial charge is 0.356 e. The van der Waals surface area contributed by atoms with Crippen molar-refractivity contribution in [2.45, 2.75) is 129 Å². The first kappa shape index (κ1) is 32.6. The number of imide groups is 1. The maximum Gasteiger partial charge on any atom is 0.232 e. The number of unbranched alkanes of at least 4 members (excludes halogenated alkanes) is 8. The van der Waals surface area contributed by atoms with Crippen molar-refractivity contribution in [2.75, 3.05) is 13.1 Å². The van der Waals surface area contributed by atoms with Gasteiger partial charge in [-0.2, -0.15) is 0 Å². The summed E-state index contributed by atoms with van der Waals surface area (Å²) < 4.78 is 0. The Kier molecular flexibility index (Phi) is 17.4. The van der Waals surface area contributed by atoms with Crippen molar-refractivity contribution >= 4 is 35.1 Å². The van der Waals surface area contributed by atoms with Gasteiger partial charge in [-0.15, -0.1) is 0 Å². The second-order valence-corrected chi connectivity index (χ2v) is 10.5. The van der Waals surface area contributed by atoms with Crippen LogP contribution in [0.3, 0.4) is 0 Å². The summed E-state index contributed by atoms with van der Waals surface area (Å²) in [6.45, 7) is 4.07. The average Bonchev–Trinajstić information content (AvgIpc) is 3.09. The summed E-state index contributed by atoms with van der Waals surface area (Å²) in [4.78, 5) is 71.4. The minimum Gasteiger partial charge on any atom is -0.356 e. The number of carbonyl (C=O) groups excluding carboxylic acids is 6. The van der Waals surface area contributed by atoms with Gasteiger partial charge in [0.15, 0.2) is 0 Å². The minimum atomic E-state index is -0.255. The Balaban J connectivity index is 1.86. The lowest BCUT2D eigenvalue weighted by Gasteiger charge is -2.13. The molecule has 0 spiro atoms. The van der Waals surface area contributed by atoms with Gasteiger partial charge in [0.1, 0.15) is 17.3 Å². The van der Waals surface area contributed by atoms with E-state index in [4.69, 9.17) is 0 Å². The molecule has 37 heavy (non-hydrogen) atoms. The highest BCUT2D eigenvalue weighted by Gasteiger charge is 2.35. The Bertz CT molecular complexity index is 763. The van der Waals surface area contributed by atoms with Gasteiger partial charge in [0.05, 0.1) is 0 Å². The predicted octanol–water partition coefficient (Wildman–Crippen LogP) is 4.86. The van der Waals surface area contributed by atoms with Crippen molar-refractivity contribution in [3.05, 3.63) is 0 Å². The average molecular weight is 521 g/mol. The van der Waals surface area contributed by atoms with E-state index in [0.717, 1.165) is 64.2 Å². The van der Waals surface area contributed by atoms with Crippen LogP contribution in [0.4, 0.5) is 0 Å². The van der Waals surface area contributed by atoms with Crippen molar-refractivity contribution in [1.82, 2.24) is 10.2 Å². The number of carbonyl (C=O) groups is 6. The third kappa shape index (κ3) is 16.2. The molecule has 8 heteroatoms. The molecule has 1 saturated heterocycles. The van der Waals surface area contributed by atoms with Crippen LogP contribution in [0.1, 0.15) is 129 Å². The van der Waals surface area contributed by atoms with E-state index in [2.05, 4.69) is 5.32 Å². The van der Waals surface area contributed by atoms with Crippen LogP contribution in [0.5, 0.6) is 0 Å². The van der Waals surface area contributed by atoms with Crippen LogP contribution in [0.15, 0.2) is 0 Å². The molecular weight excluding hydrogens is 472 g/mol. The molecule has 1 aliphatic heterocycles. The Hall–Kier alpha value is -2.38. The molecule has 3 amide bonds. The van der Waals surface area contributed by atoms with Crippen LogP contribution in [0.2, 0.25) is 0 Å². The Morgan fingerprint density at radius 2 is 1.19 bits per heavy atom. The van der Waals surface area contributed by atoms with E-state index in [9.17, 15) is 28.8 Å². The number of nitrogens with zero attached hydrogens (tertiary/aromatic N) is 1. The molecule has 0 aliphatic carbocycles. The van der Waals surface area contributed by atoms with E-state index in [0.29, 0.717) is 45.1 Å². The molecule has 8 nitrogen and oxygen atoms in total. The molecule has 0 bridgehead atoms. The molecule has 0 radical (unpaired) electrons. The lowest BCUT2D eigenvalue weighted by molar-refractivity contribution is -0.139. The van der Waals surface area contributed by atoms with E-state index in [-0.39, 0.29) is 60.4 Å². The minimum absolute atomic E-state index is 0.0477. The number of Topliss-reactive ketones (excluding diaryl/α,β-unsaturated/α-hetero) is 3. The van der Waals surface area contributed by atoms with E-state index in [1.807, 2.05) is 0 Å². The highest BCUT2D eigenvalue weighted by Crippen LogP contribution is 2.19. The number of amides is 3. The van der Waals surface area contributed by atoms with Gasteiger partial charge in [-0.05, 0) is 39.0 Å². The van der Waals surface area contributed by atoms with Crippen LogP contribution < -0.4 is 5.32 Å². The monoisotopic (exact) mass is 520 g/mol. The van der Waals surface area contributed by atoms with Crippen molar-refractivity contribution in [3.63, 3.8) is 0 Å². The molecule has 1 unspecified atom stereocenters. The van der Waals surface area contributed by atoms with Gasteiger partial charge in [0.25, 0.3) is 0 Å². The smallest absolute Gasteiger partial charge is 0.232 e. The first-order valence-corrected chi connectivity index (χ1v) is 14.3. The molecule has 1 atom stereocenters. The highest BCUT2D eigenvalue weighted by atomic mass is 16.2. The zero-order valence-corrected chi connectivity index (χ0v) is 23.1. The Labute approximate surface area is 222 Å². The lowest BCUT2D eigenvalue weighted by Crippen LogP contribution is -2.32. The van der Waals surface area contributed by atoms with Crippen LogP contribution in [-0.2, 0) is 28.8 Å². The molecule has 210 valence electrons. The first-order valence-electron chi connectivity index (χ1n) is 14.3. The molecule has 1 rings (SSSR count). The van der Waals surface area contributed by atoms with Crippen molar-refractivity contribution in [3.8, 4) is 0 Å². The molecule has 1 aliphatic rings. The lowest BCUT2D eigenvalue weighted by atomic mass is 10.0. The number of nitrogens with one attached hydrogen (secondary N) is 1. The van der Waals surface area contributed by atoms with Gasteiger partial charge in [0, 0.05) is 64.0 Å². The number of ketones is 3. The van der Waals surface area contributed by atoms with E-state index >= 15 is 0 Å². The Morgan fingerprint density at radius 1 is 0.703 bits per heavy atom. The molecule has 1 heterocycles. The summed E-state index contributed by atoms with van der Waals surface area (Å²) in [7, 11) is 0. The first-order chi connectivity index (χ1) is 17.7. The van der Waals surface area contributed by atoms with Crippen molar-refractivity contribution in [2.24, 2.45) is 5.92 Å². The summed E-state index contributed by atoms with van der Waals surface area (Å²) in [6.07, 6.45) is 13.5. The molecule has 0 aromatic rings. The predicted molar refractivity (Wildman–Crippen MR) is 143 cm³/mol. The van der Waals surface area contributed by atoms with Crippen molar-refractivity contribution in [1.29, 1.82) is 0 Å². The van der Waals surface area contributed by atoms with Crippen LogP contribution in [0.25, 0.3) is 0 Å². The van der Waals surface area contributed by atoms with Gasteiger partial charge in [0.2, 0.25) is 17.7 Å². The second-order valence-electron chi connectivity index (χ2n) is 10.5. The maximum atomic E-state index is 12.0. The van der Waals surface area contributed by atoms with E-state index < -0.39 is 0 Å². The number of hydrogen-bond donors (Lipinski definition) is 1. The summed E-state index contributed by atoms with van der Waals surface area (Å²) in [5.74, 6) is -0.0448. The number of rotatable bonds is 23. The quantitative estimate of drug-likeness (QED) is 0.152. The van der Waals surface area contributed by atoms with Gasteiger partial charge in [-0.1, -0.05) is 45.4 Å². The zero-order valence-electron chi connectivity index (χ0n) is 23.1. The molecular formula is C29H48N2O6. The second kappa shape index (κ2) is 19.7. The normalized spacial score (nSPS) is 15.3. The van der Waals surface area contributed by atoms with Gasteiger partial charge < -0.3 is 10.1 Å². The summed E-state index contributed by atoms with van der Waals surface area (Å²) in [5, 5.41) is 2.89. The molecule has 1 N–H and O–H groups in total. The Morgan fingerprint density at radius 3 is 1.76 bits per heavy atom. The SMILES string of the molecule is CC(=O)CCCCC(=O)CCCNC(=O)CCCCCCCCCCC(=O)CCN1C(=O)CC(C)C1=O. The highest BCUT2D eigenvalue weighted by molar-refractivity contribution is 6.03. The fourth-order valence-electron chi connectivity index (χ4n) is 4.54. The third-order valence-corrected chi connectivity index (χ3v) is 6.88. The van der Waals surface area contributed by atoms with Crippen molar-refractivity contribution < 1.29 is 28.8 Å². The molecule has 0 aromatic carbocycles. The number of hydrogen-bond acceptors (Lipinski definition) is 6.